The number of nitrogens with zero attached hydrogens (tertiary/aromatic N) is 4. The van der Waals surface area contributed by atoms with Crippen LogP contribution in [0.3, 0.4) is 0 Å². The first-order valence-electron chi connectivity index (χ1n) is 10.1. The summed E-state index contributed by atoms with van der Waals surface area (Å²) in [6.07, 6.45) is 4.01. The predicted molar refractivity (Wildman–Crippen MR) is 130 cm³/mol. The number of para-hydroxylation sites is 2. The lowest BCUT2D eigenvalue weighted by Gasteiger charge is -2.43. The Morgan fingerprint density at radius 1 is 0.812 bits per heavy atom. The molecule has 0 bridgehead atoms. The molecule has 0 amide bonds. The molecule has 1 atom stereocenters. The van der Waals surface area contributed by atoms with E-state index in [9.17, 15) is 4.79 Å². The van der Waals surface area contributed by atoms with Crippen LogP contribution in [0.5, 0.6) is 0 Å². The number of carbonyl (C=O) groups is 1. The summed E-state index contributed by atoms with van der Waals surface area (Å²) in [5, 5.41) is 13.7. The Kier molecular flexibility index (Phi) is 5.25. The number of carbonyl (C=O) groups excluding carboxylic acids is 1. The fourth-order valence-corrected chi connectivity index (χ4v) is 4.81. The second kappa shape index (κ2) is 8.36. The van der Waals surface area contributed by atoms with Crippen molar-refractivity contribution in [2.24, 2.45) is 10.2 Å². The molecule has 6 nitrogen and oxygen atoms in total. The molecule has 32 heavy (non-hydrogen) atoms. The van der Waals surface area contributed by atoms with Gasteiger partial charge in [-0.2, -0.15) is 10.2 Å². The van der Waals surface area contributed by atoms with Crippen LogP contribution >= 0.6 is 11.8 Å². The molecular weight excluding hydrogens is 420 g/mol. The minimum absolute atomic E-state index is 0.264. The highest BCUT2D eigenvalue weighted by Gasteiger charge is 2.51. The highest BCUT2D eigenvalue weighted by atomic mass is 32.2. The number of hydrogen-bond donors (Lipinski definition) is 0. The van der Waals surface area contributed by atoms with Crippen molar-refractivity contribution >= 4 is 39.9 Å². The highest BCUT2D eigenvalue weighted by Crippen LogP contribution is 2.47. The number of esters is 1. The largest absolute Gasteiger partial charge is 0.464 e. The van der Waals surface area contributed by atoms with Crippen molar-refractivity contribution in [3.63, 3.8) is 0 Å². The maximum Gasteiger partial charge on any atom is 0.365 e. The molecular formula is C25H20N4O2S. The number of benzene rings is 3. The van der Waals surface area contributed by atoms with E-state index in [4.69, 9.17) is 9.84 Å². The van der Waals surface area contributed by atoms with E-state index in [-0.39, 0.29) is 5.04 Å². The van der Waals surface area contributed by atoms with Crippen molar-refractivity contribution in [1.82, 2.24) is 0 Å². The molecule has 0 aromatic heterocycles. The molecule has 3 aromatic rings. The van der Waals surface area contributed by atoms with Crippen molar-refractivity contribution in [3.8, 4) is 0 Å². The summed E-state index contributed by atoms with van der Waals surface area (Å²) in [6.45, 7) is 0. The Morgan fingerprint density at radius 3 is 1.91 bits per heavy atom. The normalized spacial score (nSPS) is 19.7. The smallest absolute Gasteiger partial charge is 0.365 e. The third-order valence-electron chi connectivity index (χ3n) is 5.14. The molecule has 2 aliphatic heterocycles. The Morgan fingerprint density at radius 2 is 1.34 bits per heavy atom. The lowest BCUT2D eigenvalue weighted by atomic mass is 10.1. The van der Waals surface area contributed by atoms with Gasteiger partial charge in [-0.15, -0.1) is 0 Å². The van der Waals surface area contributed by atoms with Gasteiger partial charge in [0.15, 0.2) is 0 Å². The number of allylic oxidation sites excluding steroid dienone is 1. The molecule has 0 saturated heterocycles. The molecule has 3 aromatic carbocycles. The molecule has 2 aliphatic rings. The van der Waals surface area contributed by atoms with Gasteiger partial charge in [0.2, 0.25) is 10.0 Å². The van der Waals surface area contributed by atoms with Gasteiger partial charge in [-0.1, -0.05) is 66.7 Å². The number of ether oxygens (including phenoxy) is 1. The summed E-state index contributed by atoms with van der Waals surface area (Å²) in [6, 6.07) is 29.6. The molecule has 5 rings (SSSR count). The summed E-state index contributed by atoms with van der Waals surface area (Å²) < 4.78 is 4.99. The summed E-state index contributed by atoms with van der Waals surface area (Å²) >= 11 is 1.30. The first-order valence-corrected chi connectivity index (χ1v) is 10.9. The summed E-state index contributed by atoms with van der Waals surface area (Å²) in [7, 11) is 1.36. The lowest BCUT2D eigenvalue weighted by molar-refractivity contribution is -0.132. The first kappa shape index (κ1) is 20.1. The monoisotopic (exact) mass is 440 g/mol. The number of hydrazone groups is 2. The first-order chi connectivity index (χ1) is 15.7. The fraction of sp³-hybridized carbons (Fsp3) is 0.0800. The number of thioether (sulfide) groups is 1. The van der Waals surface area contributed by atoms with Gasteiger partial charge in [0, 0.05) is 5.56 Å². The van der Waals surface area contributed by atoms with Crippen LogP contribution < -0.4 is 10.0 Å². The van der Waals surface area contributed by atoms with E-state index in [1.807, 2.05) is 113 Å². The average molecular weight is 441 g/mol. The average Bonchev–Trinajstić information content (AvgIpc) is 3.25. The van der Waals surface area contributed by atoms with E-state index < -0.39 is 11.0 Å². The molecule has 0 saturated carbocycles. The molecule has 1 spiro atoms. The number of methoxy groups -OCH3 is 1. The number of anilines is 2. The van der Waals surface area contributed by atoms with Gasteiger partial charge < -0.3 is 4.74 Å². The van der Waals surface area contributed by atoms with E-state index in [0.29, 0.717) is 0 Å². The molecule has 2 heterocycles. The van der Waals surface area contributed by atoms with Gasteiger partial charge in [-0.25, -0.2) is 14.8 Å². The Balaban J connectivity index is 1.67. The Hall–Kier alpha value is -3.84. The van der Waals surface area contributed by atoms with Crippen LogP contribution in [0.2, 0.25) is 0 Å². The molecule has 1 unspecified atom stereocenters. The van der Waals surface area contributed by atoms with Gasteiger partial charge in [0.05, 0.1) is 24.2 Å². The topological polar surface area (TPSA) is 57.5 Å². The van der Waals surface area contributed by atoms with Crippen LogP contribution in [0.15, 0.2) is 113 Å². The SMILES string of the molecule is COC(=O)C1=NN(c2ccccc2)C2(C=CC(c3ccccc3)=NN2c2ccccc2)S1. The Bertz CT molecular complexity index is 1210. The fourth-order valence-electron chi connectivity index (χ4n) is 3.63. The van der Waals surface area contributed by atoms with Gasteiger partial charge in [-0.3, -0.25) is 0 Å². The van der Waals surface area contributed by atoms with Crippen LogP contribution in [-0.2, 0) is 9.53 Å². The maximum absolute atomic E-state index is 12.5. The molecule has 0 fully saturated rings. The Labute approximate surface area is 190 Å². The molecule has 158 valence electrons. The van der Waals surface area contributed by atoms with Crippen molar-refractivity contribution in [3.05, 3.63) is 109 Å². The second-order valence-corrected chi connectivity index (χ2v) is 8.33. The third kappa shape index (κ3) is 3.46. The predicted octanol–water partition coefficient (Wildman–Crippen LogP) is 4.86. The van der Waals surface area contributed by atoms with E-state index in [1.54, 1.807) is 0 Å². The van der Waals surface area contributed by atoms with Crippen LogP contribution in [0.1, 0.15) is 5.56 Å². The summed E-state index contributed by atoms with van der Waals surface area (Å²) in [5.74, 6) is -0.480. The molecule has 0 aliphatic carbocycles. The second-order valence-electron chi connectivity index (χ2n) is 7.14. The van der Waals surface area contributed by atoms with E-state index in [1.165, 1.54) is 18.9 Å². The summed E-state index contributed by atoms with van der Waals surface area (Å²) in [5.41, 5.74) is 3.53. The standard InChI is InChI=1S/C25H20N4O2S/c1-31-24(30)23-27-29(21-15-9-4-10-16-21)25(32-23)18-17-22(19-11-5-2-6-12-19)26-28(25)20-13-7-3-8-14-20/h2-18H,1H3. The van der Waals surface area contributed by atoms with E-state index in [2.05, 4.69) is 5.10 Å². The molecule has 7 heteroatoms. The van der Waals surface area contributed by atoms with Crippen molar-refractivity contribution in [2.75, 3.05) is 17.1 Å². The van der Waals surface area contributed by atoms with Crippen LogP contribution in [0.25, 0.3) is 0 Å². The van der Waals surface area contributed by atoms with Crippen molar-refractivity contribution in [2.45, 2.75) is 4.99 Å². The number of rotatable bonds is 4. The van der Waals surface area contributed by atoms with Gasteiger partial charge in [-0.05, 0) is 48.2 Å². The van der Waals surface area contributed by atoms with Gasteiger partial charge in [0.1, 0.15) is 0 Å². The zero-order valence-electron chi connectivity index (χ0n) is 17.3. The minimum atomic E-state index is -0.912. The van der Waals surface area contributed by atoms with E-state index in [0.717, 1.165) is 22.6 Å². The molecule has 0 radical (unpaired) electrons. The van der Waals surface area contributed by atoms with Gasteiger partial charge in [0.25, 0.3) is 0 Å². The number of hydrogen-bond acceptors (Lipinski definition) is 7. The highest BCUT2D eigenvalue weighted by molar-refractivity contribution is 8.17. The summed E-state index contributed by atoms with van der Waals surface area (Å²) in [4.78, 5) is 11.6. The quantitative estimate of drug-likeness (QED) is 0.542. The lowest BCUT2D eigenvalue weighted by Crippen LogP contribution is -2.53. The van der Waals surface area contributed by atoms with Crippen LogP contribution in [0, 0.1) is 0 Å². The van der Waals surface area contributed by atoms with Gasteiger partial charge >= 0.3 is 5.97 Å². The van der Waals surface area contributed by atoms with Crippen molar-refractivity contribution < 1.29 is 9.53 Å². The van der Waals surface area contributed by atoms with Crippen LogP contribution in [-0.4, -0.2) is 28.8 Å². The third-order valence-corrected chi connectivity index (χ3v) is 6.37. The van der Waals surface area contributed by atoms with Crippen LogP contribution in [0.4, 0.5) is 11.4 Å². The van der Waals surface area contributed by atoms with Crippen molar-refractivity contribution in [1.29, 1.82) is 0 Å². The van der Waals surface area contributed by atoms with E-state index >= 15 is 0 Å². The zero-order chi connectivity index (χ0) is 22.0. The minimum Gasteiger partial charge on any atom is -0.464 e. The molecule has 0 N–H and O–H groups in total. The maximum atomic E-state index is 12.5. The zero-order valence-corrected chi connectivity index (χ0v) is 18.1.